The van der Waals surface area contributed by atoms with Gasteiger partial charge in [-0.25, -0.2) is 0 Å². The maximum absolute atomic E-state index is 9.53. The molecular weight excluding hydrogens is 158 g/mol. The van der Waals surface area contributed by atoms with Crippen LogP contribution in [0.2, 0.25) is 0 Å². The highest BCUT2D eigenvalue weighted by Crippen LogP contribution is 2.17. The van der Waals surface area contributed by atoms with Gasteiger partial charge in [-0.1, -0.05) is 0 Å². The summed E-state index contributed by atoms with van der Waals surface area (Å²) < 4.78 is 5.09. The Bertz CT molecular complexity index is 126. The van der Waals surface area contributed by atoms with E-state index in [0.717, 1.165) is 0 Å². The highest BCUT2D eigenvalue weighted by Gasteiger charge is 2.31. The molecule has 0 bridgehead atoms. The number of rotatable bonds is 2. The van der Waals surface area contributed by atoms with E-state index in [9.17, 15) is 5.11 Å². The van der Waals surface area contributed by atoms with Crippen LogP contribution < -0.4 is 0 Å². The van der Waals surface area contributed by atoms with Crippen LogP contribution in [-0.2, 0) is 4.74 Å². The van der Waals surface area contributed by atoms with Crippen molar-refractivity contribution in [2.24, 2.45) is 0 Å². The van der Waals surface area contributed by atoms with Crippen molar-refractivity contribution < 1.29 is 14.9 Å². The van der Waals surface area contributed by atoms with E-state index >= 15 is 0 Å². The van der Waals surface area contributed by atoms with E-state index in [-0.39, 0.29) is 18.8 Å². The SMILES string of the molecule is COC1CN(C)C(CO)CC1O. The maximum atomic E-state index is 9.53. The van der Waals surface area contributed by atoms with Gasteiger partial charge < -0.3 is 14.9 Å². The molecule has 1 fully saturated rings. The zero-order chi connectivity index (χ0) is 9.14. The molecule has 0 amide bonds. The molecule has 1 aliphatic heterocycles. The van der Waals surface area contributed by atoms with Gasteiger partial charge in [0, 0.05) is 19.7 Å². The number of hydrogen-bond acceptors (Lipinski definition) is 4. The molecular formula is C8H17NO3. The molecule has 0 aromatic heterocycles. The minimum atomic E-state index is -0.441. The van der Waals surface area contributed by atoms with Crippen LogP contribution in [0.1, 0.15) is 6.42 Å². The molecule has 1 saturated heterocycles. The van der Waals surface area contributed by atoms with Crippen molar-refractivity contribution in [3.05, 3.63) is 0 Å². The van der Waals surface area contributed by atoms with Crippen LogP contribution in [0, 0.1) is 0 Å². The largest absolute Gasteiger partial charge is 0.395 e. The Labute approximate surface area is 72.7 Å². The number of ether oxygens (including phenoxy) is 1. The molecule has 72 valence electrons. The standard InChI is InChI=1S/C8H17NO3/c1-9-4-8(12-2)7(11)3-6(9)5-10/h6-8,10-11H,3-5H2,1-2H3. The first kappa shape index (κ1) is 9.92. The quantitative estimate of drug-likeness (QED) is 0.568. The number of hydrogen-bond donors (Lipinski definition) is 2. The first-order valence-electron chi connectivity index (χ1n) is 4.21. The monoisotopic (exact) mass is 175 g/mol. The second-order valence-electron chi connectivity index (χ2n) is 3.35. The summed E-state index contributed by atoms with van der Waals surface area (Å²) in [6.45, 7) is 0.785. The molecule has 0 radical (unpaired) electrons. The Morgan fingerprint density at radius 3 is 2.75 bits per heavy atom. The van der Waals surface area contributed by atoms with Crippen molar-refractivity contribution in [2.45, 2.75) is 24.7 Å². The van der Waals surface area contributed by atoms with E-state index in [2.05, 4.69) is 0 Å². The number of aliphatic hydroxyl groups excluding tert-OH is 2. The Hall–Kier alpha value is -0.160. The summed E-state index contributed by atoms with van der Waals surface area (Å²) in [7, 11) is 3.53. The van der Waals surface area contributed by atoms with Crippen molar-refractivity contribution in [2.75, 3.05) is 27.3 Å². The summed E-state index contributed by atoms with van der Waals surface area (Å²) in [4.78, 5) is 2.01. The second-order valence-corrected chi connectivity index (χ2v) is 3.35. The number of piperidine rings is 1. The third-order valence-corrected chi connectivity index (χ3v) is 2.55. The summed E-state index contributed by atoms with van der Waals surface area (Å²) in [5.41, 5.74) is 0. The smallest absolute Gasteiger partial charge is 0.0957 e. The van der Waals surface area contributed by atoms with Gasteiger partial charge in [0.1, 0.15) is 0 Å². The Morgan fingerprint density at radius 1 is 1.58 bits per heavy atom. The van der Waals surface area contributed by atoms with Crippen molar-refractivity contribution in [1.82, 2.24) is 4.90 Å². The van der Waals surface area contributed by atoms with Gasteiger partial charge in [-0.2, -0.15) is 0 Å². The molecule has 2 N–H and O–H groups in total. The number of likely N-dealkylation sites (tertiary alicyclic amines) is 1. The molecule has 3 unspecified atom stereocenters. The average molecular weight is 175 g/mol. The lowest BCUT2D eigenvalue weighted by atomic mass is 9.98. The highest BCUT2D eigenvalue weighted by molar-refractivity contribution is 4.85. The molecule has 4 nitrogen and oxygen atoms in total. The van der Waals surface area contributed by atoms with Gasteiger partial charge in [-0.05, 0) is 13.5 Å². The number of nitrogens with zero attached hydrogens (tertiary/aromatic N) is 1. The normalized spacial score (nSPS) is 38.5. The van der Waals surface area contributed by atoms with Crippen molar-refractivity contribution in [3.8, 4) is 0 Å². The minimum absolute atomic E-state index is 0.0754. The predicted octanol–water partition coefficient (Wildman–Crippen LogP) is -0.941. The van der Waals surface area contributed by atoms with Crippen LogP contribution in [-0.4, -0.2) is 60.7 Å². The third kappa shape index (κ3) is 1.95. The summed E-state index contributed by atoms with van der Waals surface area (Å²) in [6, 6.07) is 0.0754. The molecule has 1 aliphatic rings. The molecule has 0 spiro atoms. The number of aliphatic hydroxyl groups is 2. The van der Waals surface area contributed by atoms with Gasteiger partial charge >= 0.3 is 0 Å². The van der Waals surface area contributed by atoms with E-state index in [1.54, 1.807) is 7.11 Å². The van der Waals surface area contributed by atoms with Crippen LogP contribution in [0.4, 0.5) is 0 Å². The van der Waals surface area contributed by atoms with Crippen molar-refractivity contribution >= 4 is 0 Å². The van der Waals surface area contributed by atoms with Crippen molar-refractivity contribution in [1.29, 1.82) is 0 Å². The average Bonchev–Trinajstić information content (AvgIpc) is 2.08. The van der Waals surface area contributed by atoms with Gasteiger partial charge in [-0.15, -0.1) is 0 Å². The van der Waals surface area contributed by atoms with E-state index in [0.29, 0.717) is 13.0 Å². The highest BCUT2D eigenvalue weighted by atomic mass is 16.5. The fraction of sp³-hybridized carbons (Fsp3) is 1.00. The minimum Gasteiger partial charge on any atom is -0.395 e. The molecule has 1 rings (SSSR count). The van der Waals surface area contributed by atoms with Gasteiger partial charge in [-0.3, -0.25) is 4.90 Å². The lowest BCUT2D eigenvalue weighted by molar-refractivity contribution is -0.0808. The van der Waals surface area contributed by atoms with E-state index in [1.807, 2.05) is 11.9 Å². The van der Waals surface area contributed by atoms with E-state index < -0.39 is 6.10 Å². The Kier molecular flexibility index (Phi) is 3.46. The van der Waals surface area contributed by atoms with Gasteiger partial charge in [0.2, 0.25) is 0 Å². The molecule has 4 heteroatoms. The predicted molar refractivity (Wildman–Crippen MR) is 44.9 cm³/mol. The second kappa shape index (κ2) is 4.18. The zero-order valence-corrected chi connectivity index (χ0v) is 7.60. The Morgan fingerprint density at radius 2 is 2.25 bits per heavy atom. The maximum Gasteiger partial charge on any atom is 0.0957 e. The third-order valence-electron chi connectivity index (χ3n) is 2.55. The lowest BCUT2D eigenvalue weighted by Crippen LogP contribution is -2.52. The van der Waals surface area contributed by atoms with Crippen LogP contribution in [0.3, 0.4) is 0 Å². The van der Waals surface area contributed by atoms with Crippen LogP contribution in [0.5, 0.6) is 0 Å². The van der Waals surface area contributed by atoms with Crippen molar-refractivity contribution in [3.63, 3.8) is 0 Å². The molecule has 0 aliphatic carbocycles. The van der Waals surface area contributed by atoms with Gasteiger partial charge in [0.25, 0.3) is 0 Å². The fourth-order valence-electron chi connectivity index (χ4n) is 1.61. The van der Waals surface area contributed by atoms with Crippen LogP contribution >= 0.6 is 0 Å². The fourth-order valence-corrected chi connectivity index (χ4v) is 1.61. The van der Waals surface area contributed by atoms with Crippen LogP contribution in [0.15, 0.2) is 0 Å². The first-order chi connectivity index (χ1) is 5.69. The summed E-state index contributed by atoms with van der Waals surface area (Å²) in [5, 5.41) is 18.5. The molecule has 1 heterocycles. The summed E-state index contributed by atoms with van der Waals surface area (Å²) >= 11 is 0. The van der Waals surface area contributed by atoms with Gasteiger partial charge in [0.05, 0.1) is 18.8 Å². The molecule has 0 saturated carbocycles. The van der Waals surface area contributed by atoms with Gasteiger partial charge in [0.15, 0.2) is 0 Å². The Balaban J connectivity index is 2.49. The number of methoxy groups -OCH3 is 1. The first-order valence-corrected chi connectivity index (χ1v) is 4.21. The van der Waals surface area contributed by atoms with E-state index in [4.69, 9.17) is 9.84 Å². The summed E-state index contributed by atoms with van der Waals surface area (Å²) in [6.07, 6.45) is 0.0343. The molecule has 12 heavy (non-hydrogen) atoms. The van der Waals surface area contributed by atoms with E-state index in [1.165, 1.54) is 0 Å². The molecule has 0 aromatic carbocycles. The lowest BCUT2D eigenvalue weighted by Gasteiger charge is -2.38. The zero-order valence-electron chi connectivity index (χ0n) is 7.60. The summed E-state index contributed by atoms with van der Waals surface area (Å²) in [5.74, 6) is 0. The molecule has 0 aromatic rings. The molecule has 3 atom stereocenters. The number of likely N-dealkylation sites (N-methyl/N-ethyl adjacent to an activating group) is 1. The topological polar surface area (TPSA) is 52.9 Å². The van der Waals surface area contributed by atoms with Crippen LogP contribution in [0.25, 0.3) is 0 Å².